The summed E-state index contributed by atoms with van der Waals surface area (Å²) in [4.78, 5) is 9.14. The Bertz CT molecular complexity index is 703. The number of para-hydroxylation sites is 1. The molecule has 0 fully saturated rings. The quantitative estimate of drug-likeness (QED) is 0.638. The molecule has 0 amide bonds. The molecule has 3 rings (SSSR count). The summed E-state index contributed by atoms with van der Waals surface area (Å²) in [6, 6.07) is 14.2. The van der Waals surface area contributed by atoms with Gasteiger partial charge in [0.15, 0.2) is 0 Å². The first-order chi connectivity index (χ1) is 8.77. The molecule has 0 radical (unpaired) electrons. The predicted molar refractivity (Wildman–Crippen MR) is 74.4 cm³/mol. The largest absolute Gasteiger partial charge is 0.255 e. The summed E-state index contributed by atoms with van der Waals surface area (Å²) < 4.78 is 0. The second-order valence-electron chi connectivity index (χ2n) is 4.44. The van der Waals surface area contributed by atoms with E-state index < -0.39 is 0 Å². The summed E-state index contributed by atoms with van der Waals surface area (Å²) in [5.74, 6) is 0. The van der Waals surface area contributed by atoms with Crippen molar-refractivity contribution in [2.75, 3.05) is 0 Å². The fraction of sp³-hybridized carbons (Fsp3) is 0.125. The van der Waals surface area contributed by atoms with Gasteiger partial charge in [-0.1, -0.05) is 24.3 Å². The Kier molecular flexibility index (Phi) is 2.56. The summed E-state index contributed by atoms with van der Waals surface area (Å²) in [6.45, 7) is 4.25. The van der Waals surface area contributed by atoms with Crippen molar-refractivity contribution in [1.29, 1.82) is 0 Å². The highest BCUT2D eigenvalue weighted by Gasteiger charge is 2.10. The molecule has 0 bridgehead atoms. The van der Waals surface area contributed by atoms with Crippen LogP contribution in [0.5, 0.6) is 0 Å². The molecule has 0 N–H and O–H groups in total. The van der Waals surface area contributed by atoms with Crippen molar-refractivity contribution in [1.82, 2.24) is 9.97 Å². The molecule has 0 aliphatic rings. The zero-order valence-electron chi connectivity index (χ0n) is 10.5. The number of fused-ring (bicyclic) bond motifs is 1. The Morgan fingerprint density at radius 2 is 1.61 bits per heavy atom. The van der Waals surface area contributed by atoms with Gasteiger partial charge in [-0.3, -0.25) is 4.98 Å². The zero-order chi connectivity index (χ0) is 12.5. The van der Waals surface area contributed by atoms with Crippen molar-refractivity contribution in [2.45, 2.75) is 13.8 Å². The van der Waals surface area contributed by atoms with E-state index in [9.17, 15) is 0 Å². The first-order valence-electron chi connectivity index (χ1n) is 6.05. The first-order valence-corrected chi connectivity index (χ1v) is 6.05. The molecule has 0 aliphatic carbocycles. The van der Waals surface area contributed by atoms with E-state index in [-0.39, 0.29) is 0 Å². The van der Waals surface area contributed by atoms with Gasteiger partial charge in [0.2, 0.25) is 0 Å². The van der Waals surface area contributed by atoms with Crippen molar-refractivity contribution in [3.8, 4) is 11.4 Å². The number of nitrogens with zero attached hydrogens (tertiary/aromatic N) is 2. The maximum absolute atomic E-state index is 4.74. The third-order valence-electron chi connectivity index (χ3n) is 3.37. The average Bonchev–Trinajstić information content (AvgIpc) is 2.44. The van der Waals surface area contributed by atoms with Crippen LogP contribution in [0.4, 0.5) is 0 Å². The van der Waals surface area contributed by atoms with Crippen molar-refractivity contribution in [3.05, 3.63) is 59.8 Å². The van der Waals surface area contributed by atoms with Crippen molar-refractivity contribution < 1.29 is 0 Å². The highest BCUT2D eigenvalue weighted by Crippen LogP contribution is 2.27. The molecule has 2 heteroatoms. The maximum atomic E-state index is 4.74. The number of benzene rings is 1. The zero-order valence-corrected chi connectivity index (χ0v) is 10.5. The smallest absolute Gasteiger partial charge is 0.0925 e. The third kappa shape index (κ3) is 1.66. The van der Waals surface area contributed by atoms with Crippen LogP contribution < -0.4 is 0 Å². The molecule has 3 aromatic rings. The van der Waals surface area contributed by atoms with Gasteiger partial charge in [0.05, 0.1) is 16.9 Å². The Morgan fingerprint density at radius 3 is 2.39 bits per heavy atom. The van der Waals surface area contributed by atoms with Crippen molar-refractivity contribution in [2.24, 2.45) is 0 Å². The van der Waals surface area contributed by atoms with Gasteiger partial charge in [0.25, 0.3) is 0 Å². The highest BCUT2D eigenvalue weighted by atomic mass is 14.8. The Hall–Kier alpha value is -2.22. The first kappa shape index (κ1) is 10.9. The van der Waals surface area contributed by atoms with E-state index in [0.717, 1.165) is 16.9 Å². The molecule has 0 saturated heterocycles. The highest BCUT2D eigenvalue weighted by molar-refractivity contribution is 5.86. The van der Waals surface area contributed by atoms with Crippen molar-refractivity contribution in [3.63, 3.8) is 0 Å². The number of aromatic nitrogens is 2. The van der Waals surface area contributed by atoms with E-state index in [4.69, 9.17) is 4.98 Å². The number of pyridine rings is 2. The minimum absolute atomic E-state index is 0.934. The minimum Gasteiger partial charge on any atom is -0.255 e. The van der Waals surface area contributed by atoms with Crippen LogP contribution in [0.1, 0.15) is 11.1 Å². The Morgan fingerprint density at radius 1 is 0.833 bits per heavy atom. The Balaban J connectivity index is 2.34. The number of hydrogen-bond acceptors (Lipinski definition) is 2. The van der Waals surface area contributed by atoms with Gasteiger partial charge in [0, 0.05) is 11.6 Å². The molecule has 0 spiro atoms. The number of aryl methyl sites for hydroxylation is 1. The molecule has 2 nitrogen and oxygen atoms in total. The van der Waals surface area contributed by atoms with Gasteiger partial charge in [-0.15, -0.1) is 0 Å². The monoisotopic (exact) mass is 234 g/mol. The van der Waals surface area contributed by atoms with Crippen LogP contribution >= 0.6 is 0 Å². The maximum Gasteiger partial charge on any atom is 0.0925 e. The van der Waals surface area contributed by atoms with Crippen LogP contribution in [-0.4, -0.2) is 9.97 Å². The van der Waals surface area contributed by atoms with Crippen LogP contribution in [0, 0.1) is 13.8 Å². The number of rotatable bonds is 1. The lowest BCUT2D eigenvalue weighted by Crippen LogP contribution is -1.95. The van der Waals surface area contributed by atoms with Crippen LogP contribution in [0.15, 0.2) is 48.7 Å². The van der Waals surface area contributed by atoms with Gasteiger partial charge in [-0.25, -0.2) is 4.98 Å². The lowest BCUT2D eigenvalue weighted by atomic mass is 10.0. The second kappa shape index (κ2) is 4.22. The summed E-state index contributed by atoms with van der Waals surface area (Å²) in [7, 11) is 0. The summed E-state index contributed by atoms with van der Waals surface area (Å²) in [5.41, 5.74) is 5.42. The topological polar surface area (TPSA) is 25.8 Å². The lowest BCUT2D eigenvalue weighted by molar-refractivity contribution is 1.22. The second-order valence-corrected chi connectivity index (χ2v) is 4.44. The predicted octanol–water partition coefficient (Wildman–Crippen LogP) is 3.91. The third-order valence-corrected chi connectivity index (χ3v) is 3.37. The molecule has 2 aromatic heterocycles. The van der Waals surface area contributed by atoms with Gasteiger partial charge < -0.3 is 0 Å². The molecule has 2 heterocycles. The standard InChI is InChI=1S/C16H14N2/c1-11-12(2)16(15-9-5-6-10-17-15)18-14-8-4-3-7-13(11)14/h3-10H,1-2H3. The van der Waals surface area contributed by atoms with Crippen LogP contribution in [0.2, 0.25) is 0 Å². The van der Waals surface area contributed by atoms with Crippen LogP contribution in [0.25, 0.3) is 22.3 Å². The lowest BCUT2D eigenvalue weighted by Gasteiger charge is -2.10. The minimum atomic E-state index is 0.934. The van der Waals surface area contributed by atoms with E-state index >= 15 is 0 Å². The van der Waals surface area contributed by atoms with Crippen LogP contribution in [0.3, 0.4) is 0 Å². The van der Waals surface area contributed by atoms with E-state index in [0.29, 0.717) is 0 Å². The van der Waals surface area contributed by atoms with Crippen LogP contribution in [-0.2, 0) is 0 Å². The summed E-state index contributed by atoms with van der Waals surface area (Å²) in [5, 5.41) is 1.22. The van der Waals surface area contributed by atoms with Gasteiger partial charge in [-0.05, 0) is 43.2 Å². The van der Waals surface area contributed by atoms with E-state index in [1.807, 2.05) is 30.3 Å². The normalized spacial score (nSPS) is 10.8. The van der Waals surface area contributed by atoms with E-state index in [1.165, 1.54) is 16.5 Å². The molecule has 18 heavy (non-hydrogen) atoms. The molecule has 88 valence electrons. The van der Waals surface area contributed by atoms with E-state index in [1.54, 1.807) is 6.20 Å². The molecule has 0 saturated carbocycles. The van der Waals surface area contributed by atoms with Gasteiger partial charge in [-0.2, -0.15) is 0 Å². The number of hydrogen-bond donors (Lipinski definition) is 0. The van der Waals surface area contributed by atoms with Gasteiger partial charge in [0.1, 0.15) is 0 Å². The average molecular weight is 234 g/mol. The molecule has 1 aromatic carbocycles. The molecule has 0 unspecified atom stereocenters. The summed E-state index contributed by atoms with van der Waals surface area (Å²) >= 11 is 0. The SMILES string of the molecule is Cc1c(-c2ccccn2)nc2ccccc2c1C. The molecular weight excluding hydrogens is 220 g/mol. The fourth-order valence-corrected chi connectivity index (χ4v) is 2.22. The molecule has 0 atom stereocenters. The summed E-state index contributed by atoms with van der Waals surface area (Å²) in [6.07, 6.45) is 1.81. The van der Waals surface area contributed by atoms with Crippen molar-refractivity contribution >= 4 is 10.9 Å². The Labute approximate surface area is 106 Å². The van der Waals surface area contributed by atoms with E-state index in [2.05, 4.69) is 31.0 Å². The fourth-order valence-electron chi connectivity index (χ4n) is 2.22. The molecular formula is C16H14N2. The van der Waals surface area contributed by atoms with Gasteiger partial charge >= 0.3 is 0 Å². The molecule has 0 aliphatic heterocycles.